The van der Waals surface area contributed by atoms with E-state index in [-0.39, 0.29) is 0 Å². The van der Waals surface area contributed by atoms with E-state index in [0.717, 1.165) is 22.9 Å². The maximum atomic E-state index is 6.06. The molecule has 2 rings (SSSR count). The molecule has 0 aromatic heterocycles. The van der Waals surface area contributed by atoms with Crippen molar-refractivity contribution in [3.63, 3.8) is 0 Å². The number of benzene rings is 1. The predicted molar refractivity (Wildman–Crippen MR) is 81.0 cm³/mol. The molecule has 2 nitrogen and oxygen atoms in total. The molecule has 0 aliphatic heterocycles. The summed E-state index contributed by atoms with van der Waals surface area (Å²) in [5.74, 6) is 0.919. The van der Waals surface area contributed by atoms with E-state index in [1.165, 1.54) is 44.9 Å². The van der Waals surface area contributed by atoms with E-state index < -0.39 is 0 Å². The SMILES string of the molecule is COc1ccc(Cl)cc1CNC1CCCCCCC1. The fraction of sp³-hybridized carbons (Fsp3) is 0.625. The first-order chi connectivity index (χ1) is 9.29. The fourth-order valence-corrected chi connectivity index (χ4v) is 2.99. The predicted octanol–water partition coefficient (Wildman–Crippen LogP) is 4.55. The van der Waals surface area contributed by atoms with Crippen molar-refractivity contribution in [2.45, 2.75) is 57.5 Å². The van der Waals surface area contributed by atoms with Crippen molar-refractivity contribution in [1.82, 2.24) is 5.32 Å². The molecule has 1 saturated carbocycles. The summed E-state index contributed by atoms with van der Waals surface area (Å²) in [6, 6.07) is 6.46. The van der Waals surface area contributed by atoms with Crippen molar-refractivity contribution in [1.29, 1.82) is 0 Å². The molecule has 1 fully saturated rings. The first-order valence-electron chi connectivity index (χ1n) is 7.35. The lowest BCUT2D eigenvalue weighted by Crippen LogP contribution is -2.29. The summed E-state index contributed by atoms with van der Waals surface area (Å²) >= 11 is 6.06. The monoisotopic (exact) mass is 281 g/mol. The van der Waals surface area contributed by atoms with Crippen LogP contribution in [-0.4, -0.2) is 13.2 Å². The fourth-order valence-electron chi connectivity index (χ4n) is 2.80. The average Bonchev–Trinajstić information content (AvgIpc) is 2.37. The molecule has 1 N–H and O–H groups in total. The second kappa shape index (κ2) is 7.76. The zero-order valence-electron chi connectivity index (χ0n) is 11.8. The topological polar surface area (TPSA) is 21.3 Å². The molecule has 3 heteroatoms. The number of ether oxygens (including phenoxy) is 1. The molecule has 0 radical (unpaired) electrons. The molecule has 0 atom stereocenters. The third-order valence-electron chi connectivity index (χ3n) is 3.93. The molecule has 0 spiro atoms. The largest absolute Gasteiger partial charge is 0.496 e. The number of rotatable bonds is 4. The molecule has 0 bridgehead atoms. The van der Waals surface area contributed by atoms with Gasteiger partial charge in [0, 0.05) is 23.2 Å². The summed E-state index contributed by atoms with van der Waals surface area (Å²) in [6.45, 7) is 0.842. The van der Waals surface area contributed by atoms with Gasteiger partial charge in [0.05, 0.1) is 7.11 Å². The summed E-state index contributed by atoms with van der Waals surface area (Å²) in [7, 11) is 1.71. The Morgan fingerprint density at radius 1 is 1.16 bits per heavy atom. The highest BCUT2D eigenvalue weighted by molar-refractivity contribution is 6.30. The summed E-state index contributed by atoms with van der Waals surface area (Å²) in [6.07, 6.45) is 9.48. The Morgan fingerprint density at radius 3 is 2.53 bits per heavy atom. The van der Waals surface area contributed by atoms with Gasteiger partial charge in [0.25, 0.3) is 0 Å². The van der Waals surface area contributed by atoms with Crippen molar-refractivity contribution in [3.8, 4) is 5.75 Å². The second-order valence-electron chi connectivity index (χ2n) is 5.38. The van der Waals surface area contributed by atoms with Crippen molar-refractivity contribution < 1.29 is 4.74 Å². The van der Waals surface area contributed by atoms with E-state index >= 15 is 0 Å². The van der Waals surface area contributed by atoms with Crippen LogP contribution in [0.3, 0.4) is 0 Å². The molecule has 1 aliphatic rings. The molecule has 0 amide bonds. The number of hydrogen-bond donors (Lipinski definition) is 1. The van der Waals surface area contributed by atoms with Crippen LogP contribution < -0.4 is 10.1 Å². The van der Waals surface area contributed by atoms with Crippen molar-refractivity contribution in [2.24, 2.45) is 0 Å². The Labute approximate surface area is 121 Å². The van der Waals surface area contributed by atoms with Crippen LogP contribution in [0.4, 0.5) is 0 Å². The van der Waals surface area contributed by atoms with Gasteiger partial charge in [-0.15, -0.1) is 0 Å². The molecule has 0 heterocycles. The second-order valence-corrected chi connectivity index (χ2v) is 5.82. The van der Waals surface area contributed by atoms with Crippen LogP contribution in [0.5, 0.6) is 5.75 Å². The van der Waals surface area contributed by atoms with E-state index in [0.29, 0.717) is 6.04 Å². The van der Waals surface area contributed by atoms with E-state index in [1.807, 2.05) is 18.2 Å². The quantitative estimate of drug-likeness (QED) is 0.874. The minimum Gasteiger partial charge on any atom is -0.496 e. The smallest absolute Gasteiger partial charge is 0.123 e. The van der Waals surface area contributed by atoms with Gasteiger partial charge in [-0.25, -0.2) is 0 Å². The van der Waals surface area contributed by atoms with Crippen LogP contribution >= 0.6 is 11.6 Å². The summed E-state index contributed by atoms with van der Waals surface area (Å²) in [4.78, 5) is 0. The lowest BCUT2D eigenvalue weighted by Gasteiger charge is -2.21. The minimum atomic E-state index is 0.643. The number of methoxy groups -OCH3 is 1. The van der Waals surface area contributed by atoms with Gasteiger partial charge >= 0.3 is 0 Å². The number of hydrogen-bond acceptors (Lipinski definition) is 2. The lowest BCUT2D eigenvalue weighted by molar-refractivity contribution is 0.378. The molecular formula is C16H24ClNO. The van der Waals surface area contributed by atoms with E-state index in [4.69, 9.17) is 16.3 Å². The first kappa shape index (κ1) is 14.7. The third-order valence-corrected chi connectivity index (χ3v) is 4.16. The van der Waals surface area contributed by atoms with Crippen molar-refractivity contribution in [3.05, 3.63) is 28.8 Å². The highest BCUT2D eigenvalue weighted by Gasteiger charge is 2.12. The van der Waals surface area contributed by atoms with Crippen LogP contribution in [0.25, 0.3) is 0 Å². The van der Waals surface area contributed by atoms with Crippen LogP contribution in [0, 0.1) is 0 Å². The molecule has 0 unspecified atom stereocenters. The summed E-state index contributed by atoms with van der Waals surface area (Å²) in [5.41, 5.74) is 1.15. The minimum absolute atomic E-state index is 0.643. The molecule has 0 saturated heterocycles. The zero-order chi connectivity index (χ0) is 13.5. The number of nitrogens with one attached hydrogen (secondary N) is 1. The molecular weight excluding hydrogens is 258 g/mol. The van der Waals surface area contributed by atoms with Crippen LogP contribution in [-0.2, 0) is 6.54 Å². The van der Waals surface area contributed by atoms with Crippen LogP contribution in [0.2, 0.25) is 5.02 Å². The maximum absolute atomic E-state index is 6.06. The summed E-state index contributed by atoms with van der Waals surface area (Å²) in [5, 5.41) is 4.44. The highest BCUT2D eigenvalue weighted by Crippen LogP contribution is 2.23. The maximum Gasteiger partial charge on any atom is 0.123 e. The Kier molecular flexibility index (Phi) is 5.99. The summed E-state index contributed by atoms with van der Waals surface area (Å²) < 4.78 is 5.39. The van der Waals surface area contributed by atoms with E-state index in [1.54, 1.807) is 7.11 Å². The third kappa shape index (κ3) is 4.70. The van der Waals surface area contributed by atoms with Crippen molar-refractivity contribution >= 4 is 11.6 Å². The molecule has 19 heavy (non-hydrogen) atoms. The van der Waals surface area contributed by atoms with Gasteiger partial charge in [0.2, 0.25) is 0 Å². The van der Waals surface area contributed by atoms with Gasteiger partial charge in [0.15, 0.2) is 0 Å². The Balaban J connectivity index is 1.91. The van der Waals surface area contributed by atoms with Crippen molar-refractivity contribution in [2.75, 3.05) is 7.11 Å². The normalized spacial score (nSPS) is 17.8. The zero-order valence-corrected chi connectivity index (χ0v) is 12.5. The van der Waals surface area contributed by atoms with Gasteiger partial charge in [-0.2, -0.15) is 0 Å². The van der Waals surface area contributed by atoms with Gasteiger partial charge in [-0.05, 0) is 31.0 Å². The average molecular weight is 282 g/mol. The van der Waals surface area contributed by atoms with Gasteiger partial charge in [-0.1, -0.05) is 43.7 Å². The Hall–Kier alpha value is -0.730. The van der Waals surface area contributed by atoms with E-state index in [2.05, 4.69) is 5.32 Å². The first-order valence-corrected chi connectivity index (χ1v) is 7.73. The van der Waals surface area contributed by atoms with Crippen LogP contribution in [0.15, 0.2) is 18.2 Å². The van der Waals surface area contributed by atoms with Gasteiger partial charge in [0.1, 0.15) is 5.75 Å². The van der Waals surface area contributed by atoms with E-state index in [9.17, 15) is 0 Å². The van der Waals surface area contributed by atoms with Gasteiger partial charge in [-0.3, -0.25) is 0 Å². The van der Waals surface area contributed by atoms with Crippen LogP contribution in [0.1, 0.15) is 50.5 Å². The standard InChI is InChI=1S/C16H24ClNO/c1-19-16-10-9-14(17)11-13(16)12-18-15-7-5-3-2-4-6-8-15/h9-11,15,18H,2-8,12H2,1H3. The molecule has 106 valence electrons. The number of halogens is 1. The lowest BCUT2D eigenvalue weighted by atomic mass is 9.96. The molecule has 1 aromatic carbocycles. The van der Waals surface area contributed by atoms with Gasteiger partial charge < -0.3 is 10.1 Å². The Bertz CT molecular complexity index is 386. The Morgan fingerprint density at radius 2 is 1.84 bits per heavy atom. The highest BCUT2D eigenvalue weighted by atomic mass is 35.5. The molecule has 1 aromatic rings. The molecule has 1 aliphatic carbocycles.